The van der Waals surface area contributed by atoms with E-state index in [0.29, 0.717) is 28.5 Å². The topological polar surface area (TPSA) is 66.4 Å². The number of aliphatic hydroxyl groups excluding tert-OH is 1. The highest BCUT2D eigenvalue weighted by atomic mass is 32.1. The summed E-state index contributed by atoms with van der Waals surface area (Å²) in [6, 6.07) is 10.5. The van der Waals surface area contributed by atoms with E-state index in [4.69, 9.17) is 0 Å². The molecule has 4 nitrogen and oxygen atoms in total. The van der Waals surface area contributed by atoms with Crippen LogP contribution in [0.25, 0.3) is 0 Å². The van der Waals surface area contributed by atoms with Gasteiger partial charge in [-0.3, -0.25) is 9.59 Å². The van der Waals surface area contributed by atoms with Crippen LogP contribution in [0.15, 0.2) is 41.8 Å². The third kappa shape index (κ3) is 3.91. The van der Waals surface area contributed by atoms with Crippen molar-refractivity contribution in [2.75, 3.05) is 6.54 Å². The summed E-state index contributed by atoms with van der Waals surface area (Å²) in [5, 5.41) is 14.5. The molecule has 0 aliphatic heterocycles. The Morgan fingerprint density at radius 1 is 1.12 bits per heavy atom. The number of ketones is 1. The van der Waals surface area contributed by atoms with Crippen molar-refractivity contribution in [2.45, 2.75) is 31.8 Å². The highest BCUT2D eigenvalue weighted by Crippen LogP contribution is 2.24. The fourth-order valence-electron chi connectivity index (χ4n) is 3.20. The zero-order valence-electron chi connectivity index (χ0n) is 13.4. The Balaban J connectivity index is 1.70. The lowest BCUT2D eigenvalue weighted by atomic mass is 9.87. The molecule has 0 radical (unpaired) electrons. The summed E-state index contributed by atoms with van der Waals surface area (Å²) in [4.78, 5) is 25.8. The minimum absolute atomic E-state index is 0.121. The second-order valence-electron chi connectivity index (χ2n) is 6.25. The number of aliphatic hydroxyl groups is 1. The van der Waals surface area contributed by atoms with Crippen LogP contribution in [0.1, 0.15) is 51.3 Å². The average Bonchev–Trinajstić information content (AvgIpc) is 3.14. The van der Waals surface area contributed by atoms with E-state index >= 15 is 0 Å². The van der Waals surface area contributed by atoms with E-state index in [1.165, 1.54) is 11.3 Å². The number of carbonyl (C=O) groups is 2. The molecule has 1 aromatic heterocycles. The molecule has 2 aromatic rings. The van der Waals surface area contributed by atoms with E-state index in [2.05, 4.69) is 5.32 Å². The number of benzene rings is 1. The Bertz CT molecular complexity index is 711. The standard InChI is InChI=1S/C19H21NO3S/c21-14-6-3-5-13(11-14)12-20-19(23)16-8-2-1-7-15(16)18(22)17-9-4-10-24-17/h1-2,4,7-10,13-14,21H,3,5-6,11-12H2,(H,20,23). The lowest BCUT2D eigenvalue weighted by molar-refractivity contribution is 0.0870. The van der Waals surface area contributed by atoms with Crippen LogP contribution in [-0.2, 0) is 0 Å². The maximum absolute atomic E-state index is 12.6. The summed E-state index contributed by atoms with van der Waals surface area (Å²) in [5.41, 5.74) is 0.841. The highest BCUT2D eigenvalue weighted by Gasteiger charge is 2.22. The Morgan fingerprint density at radius 3 is 2.62 bits per heavy atom. The van der Waals surface area contributed by atoms with Crippen LogP contribution in [0, 0.1) is 5.92 Å². The van der Waals surface area contributed by atoms with E-state index in [9.17, 15) is 14.7 Å². The van der Waals surface area contributed by atoms with Crippen LogP contribution in [0.5, 0.6) is 0 Å². The van der Waals surface area contributed by atoms with Crippen molar-refractivity contribution in [1.29, 1.82) is 0 Å². The summed E-state index contributed by atoms with van der Waals surface area (Å²) in [7, 11) is 0. The minimum Gasteiger partial charge on any atom is -0.393 e. The van der Waals surface area contributed by atoms with E-state index in [1.807, 2.05) is 11.4 Å². The summed E-state index contributed by atoms with van der Waals surface area (Å²) in [6.45, 7) is 0.539. The normalized spacial score (nSPS) is 20.5. The number of nitrogens with one attached hydrogen (secondary N) is 1. The van der Waals surface area contributed by atoms with Crippen LogP contribution in [0.4, 0.5) is 0 Å². The minimum atomic E-state index is -0.256. The number of amides is 1. The van der Waals surface area contributed by atoms with Gasteiger partial charge in [-0.1, -0.05) is 30.7 Å². The van der Waals surface area contributed by atoms with Crippen LogP contribution < -0.4 is 5.32 Å². The van der Waals surface area contributed by atoms with E-state index in [1.54, 1.807) is 30.3 Å². The molecule has 2 unspecified atom stereocenters. The number of rotatable bonds is 5. The largest absolute Gasteiger partial charge is 0.393 e. The summed E-state index contributed by atoms with van der Waals surface area (Å²) >= 11 is 1.37. The second kappa shape index (κ2) is 7.73. The van der Waals surface area contributed by atoms with Crippen LogP contribution in [0.3, 0.4) is 0 Å². The van der Waals surface area contributed by atoms with Crippen molar-refractivity contribution < 1.29 is 14.7 Å². The monoisotopic (exact) mass is 343 g/mol. The fourth-order valence-corrected chi connectivity index (χ4v) is 3.88. The Kier molecular flexibility index (Phi) is 5.43. The van der Waals surface area contributed by atoms with Gasteiger partial charge in [0.25, 0.3) is 5.91 Å². The van der Waals surface area contributed by atoms with E-state index in [0.717, 1.165) is 25.7 Å². The van der Waals surface area contributed by atoms with Gasteiger partial charge in [-0.2, -0.15) is 0 Å². The quantitative estimate of drug-likeness (QED) is 0.819. The molecular weight excluding hydrogens is 322 g/mol. The molecule has 2 N–H and O–H groups in total. The van der Waals surface area contributed by atoms with Crippen LogP contribution in [0.2, 0.25) is 0 Å². The number of thiophene rings is 1. The van der Waals surface area contributed by atoms with Gasteiger partial charge in [-0.15, -0.1) is 11.3 Å². The Morgan fingerprint density at radius 2 is 1.92 bits per heavy atom. The van der Waals surface area contributed by atoms with Crippen molar-refractivity contribution in [3.05, 3.63) is 57.8 Å². The molecule has 3 rings (SSSR count). The molecule has 0 spiro atoms. The van der Waals surface area contributed by atoms with Gasteiger partial charge in [0.05, 0.1) is 16.5 Å². The first kappa shape index (κ1) is 16.9. The average molecular weight is 343 g/mol. The van der Waals surface area contributed by atoms with Gasteiger partial charge in [0.2, 0.25) is 5.78 Å². The second-order valence-corrected chi connectivity index (χ2v) is 7.20. The van der Waals surface area contributed by atoms with Gasteiger partial charge in [-0.25, -0.2) is 0 Å². The molecule has 1 heterocycles. The molecule has 1 aromatic carbocycles. The lowest BCUT2D eigenvalue weighted by Crippen LogP contribution is -2.33. The van der Waals surface area contributed by atoms with Gasteiger partial charge in [0.15, 0.2) is 0 Å². The third-order valence-corrected chi connectivity index (χ3v) is 5.34. The van der Waals surface area contributed by atoms with Crippen molar-refractivity contribution in [2.24, 2.45) is 5.92 Å². The van der Waals surface area contributed by atoms with Gasteiger partial charge in [0.1, 0.15) is 0 Å². The molecule has 5 heteroatoms. The Labute approximate surface area is 145 Å². The van der Waals surface area contributed by atoms with Crippen LogP contribution in [-0.4, -0.2) is 29.4 Å². The molecule has 0 bridgehead atoms. The molecule has 2 atom stereocenters. The van der Waals surface area contributed by atoms with E-state index < -0.39 is 0 Å². The van der Waals surface area contributed by atoms with E-state index in [-0.39, 0.29) is 17.8 Å². The van der Waals surface area contributed by atoms with Crippen molar-refractivity contribution >= 4 is 23.0 Å². The predicted octanol–water partition coefficient (Wildman–Crippen LogP) is 3.26. The molecule has 24 heavy (non-hydrogen) atoms. The number of carbonyl (C=O) groups excluding carboxylic acids is 2. The zero-order valence-corrected chi connectivity index (χ0v) is 14.2. The Hall–Kier alpha value is -1.98. The summed E-state index contributed by atoms with van der Waals surface area (Å²) < 4.78 is 0. The maximum Gasteiger partial charge on any atom is 0.252 e. The molecule has 1 saturated carbocycles. The molecular formula is C19H21NO3S. The van der Waals surface area contributed by atoms with Crippen LogP contribution >= 0.6 is 11.3 Å². The SMILES string of the molecule is O=C(NCC1CCCC(O)C1)c1ccccc1C(=O)c1cccs1. The summed E-state index contributed by atoms with van der Waals surface area (Å²) in [5.74, 6) is -0.0442. The van der Waals surface area contributed by atoms with Gasteiger partial charge >= 0.3 is 0 Å². The first-order valence-corrected chi connectivity index (χ1v) is 9.16. The molecule has 1 fully saturated rings. The molecule has 126 valence electrons. The fraction of sp³-hybridized carbons (Fsp3) is 0.368. The first-order chi connectivity index (χ1) is 11.6. The molecule has 1 aliphatic carbocycles. The van der Waals surface area contributed by atoms with Crippen molar-refractivity contribution in [1.82, 2.24) is 5.32 Å². The first-order valence-electron chi connectivity index (χ1n) is 8.28. The molecule has 1 amide bonds. The number of hydrogen-bond donors (Lipinski definition) is 2. The smallest absolute Gasteiger partial charge is 0.252 e. The van der Waals surface area contributed by atoms with Gasteiger partial charge in [-0.05, 0) is 42.7 Å². The van der Waals surface area contributed by atoms with Crippen molar-refractivity contribution in [3.63, 3.8) is 0 Å². The third-order valence-electron chi connectivity index (χ3n) is 4.47. The summed E-state index contributed by atoms with van der Waals surface area (Å²) in [6.07, 6.45) is 3.34. The number of hydrogen-bond acceptors (Lipinski definition) is 4. The van der Waals surface area contributed by atoms with Gasteiger partial charge in [0, 0.05) is 12.1 Å². The maximum atomic E-state index is 12.6. The highest BCUT2D eigenvalue weighted by molar-refractivity contribution is 7.12. The molecule has 0 saturated heterocycles. The zero-order chi connectivity index (χ0) is 16.9. The molecule has 1 aliphatic rings. The van der Waals surface area contributed by atoms with Gasteiger partial charge < -0.3 is 10.4 Å². The lowest BCUT2D eigenvalue weighted by Gasteiger charge is -2.26. The van der Waals surface area contributed by atoms with Crippen molar-refractivity contribution in [3.8, 4) is 0 Å². The predicted molar refractivity (Wildman–Crippen MR) is 94.5 cm³/mol.